The summed E-state index contributed by atoms with van der Waals surface area (Å²) < 4.78 is 0. The molecule has 0 aromatic carbocycles. The molecule has 78 valence electrons. The molecular formula is C13H26. The second-order valence-electron chi connectivity index (χ2n) is 5.00. The Labute approximate surface area is 84.1 Å². The molecule has 0 heterocycles. The van der Waals surface area contributed by atoms with Crippen LogP contribution >= 0.6 is 0 Å². The van der Waals surface area contributed by atoms with Gasteiger partial charge in [0.05, 0.1) is 0 Å². The van der Waals surface area contributed by atoms with Crippen LogP contribution in [0, 0.1) is 11.8 Å². The van der Waals surface area contributed by atoms with Crippen LogP contribution in [0.25, 0.3) is 0 Å². The molecule has 0 aliphatic heterocycles. The van der Waals surface area contributed by atoms with Crippen molar-refractivity contribution < 1.29 is 0 Å². The third-order valence-electron chi connectivity index (χ3n) is 3.44. The van der Waals surface area contributed by atoms with Crippen molar-refractivity contribution >= 4 is 0 Å². The molecule has 13 heavy (non-hydrogen) atoms. The first kappa shape index (κ1) is 11.1. The van der Waals surface area contributed by atoms with Crippen molar-refractivity contribution in [3.63, 3.8) is 0 Å². The Balaban J connectivity index is 1.74. The molecule has 0 aromatic heterocycles. The fourth-order valence-corrected chi connectivity index (χ4v) is 2.52. The van der Waals surface area contributed by atoms with Gasteiger partial charge < -0.3 is 0 Å². The van der Waals surface area contributed by atoms with Crippen LogP contribution in [0.3, 0.4) is 0 Å². The maximum Gasteiger partial charge on any atom is -0.0409 e. The largest absolute Gasteiger partial charge is 0.0654 e. The van der Waals surface area contributed by atoms with Crippen molar-refractivity contribution in [2.24, 2.45) is 11.8 Å². The zero-order chi connectivity index (χ0) is 9.52. The van der Waals surface area contributed by atoms with Gasteiger partial charge in [-0.25, -0.2) is 0 Å². The molecule has 0 radical (unpaired) electrons. The number of rotatable bonds is 7. The summed E-state index contributed by atoms with van der Waals surface area (Å²) in [4.78, 5) is 0. The van der Waals surface area contributed by atoms with E-state index in [0.717, 1.165) is 11.8 Å². The molecule has 1 fully saturated rings. The van der Waals surface area contributed by atoms with Crippen LogP contribution in [0.2, 0.25) is 0 Å². The summed E-state index contributed by atoms with van der Waals surface area (Å²) in [5, 5.41) is 0. The average molecular weight is 182 g/mol. The lowest BCUT2D eigenvalue weighted by atomic mass is 9.74. The van der Waals surface area contributed by atoms with Crippen LogP contribution < -0.4 is 0 Å². The zero-order valence-electron chi connectivity index (χ0n) is 9.52. The maximum atomic E-state index is 2.39. The molecule has 1 aliphatic carbocycles. The van der Waals surface area contributed by atoms with E-state index in [1.165, 1.54) is 57.8 Å². The van der Waals surface area contributed by atoms with Gasteiger partial charge >= 0.3 is 0 Å². The Bertz CT molecular complexity index is 111. The van der Waals surface area contributed by atoms with E-state index in [9.17, 15) is 0 Å². The smallest absolute Gasteiger partial charge is 0.0409 e. The molecule has 0 unspecified atom stereocenters. The maximum absolute atomic E-state index is 2.39. The molecule has 1 saturated carbocycles. The van der Waals surface area contributed by atoms with Gasteiger partial charge in [0.2, 0.25) is 0 Å². The fourth-order valence-electron chi connectivity index (χ4n) is 2.52. The lowest BCUT2D eigenvalue weighted by Gasteiger charge is -2.32. The summed E-state index contributed by atoms with van der Waals surface area (Å²) in [7, 11) is 0. The van der Waals surface area contributed by atoms with Crippen molar-refractivity contribution in [3.8, 4) is 0 Å². The Morgan fingerprint density at radius 2 is 1.54 bits per heavy atom. The Morgan fingerprint density at radius 1 is 0.923 bits per heavy atom. The normalized spacial score (nSPS) is 27.2. The first-order chi connectivity index (χ1) is 6.33. The topological polar surface area (TPSA) is 0 Å². The molecule has 0 amide bonds. The second-order valence-corrected chi connectivity index (χ2v) is 5.00. The van der Waals surface area contributed by atoms with Crippen LogP contribution in [0.1, 0.15) is 71.6 Å². The van der Waals surface area contributed by atoms with E-state index < -0.39 is 0 Å². The molecule has 1 rings (SSSR count). The molecule has 0 spiro atoms. The first-order valence-electron chi connectivity index (χ1n) is 6.33. The zero-order valence-corrected chi connectivity index (χ0v) is 9.52. The number of unbranched alkanes of at least 4 members (excludes halogenated alkanes) is 5. The monoisotopic (exact) mass is 182 g/mol. The summed E-state index contributed by atoms with van der Waals surface area (Å²) in [6.45, 7) is 4.67. The molecule has 1 aliphatic rings. The van der Waals surface area contributed by atoms with Crippen LogP contribution in [0.4, 0.5) is 0 Å². The predicted molar refractivity (Wildman–Crippen MR) is 59.9 cm³/mol. The van der Waals surface area contributed by atoms with Gasteiger partial charge in [-0.05, 0) is 24.7 Å². The predicted octanol–water partition coefficient (Wildman–Crippen LogP) is 4.78. The van der Waals surface area contributed by atoms with E-state index in [-0.39, 0.29) is 0 Å². The number of hydrogen-bond acceptors (Lipinski definition) is 0. The van der Waals surface area contributed by atoms with Gasteiger partial charge in [-0.3, -0.25) is 0 Å². The molecular weight excluding hydrogens is 156 g/mol. The van der Waals surface area contributed by atoms with E-state index in [0.29, 0.717) is 0 Å². The van der Waals surface area contributed by atoms with Crippen molar-refractivity contribution in [1.82, 2.24) is 0 Å². The minimum Gasteiger partial charge on any atom is -0.0654 e. The van der Waals surface area contributed by atoms with Gasteiger partial charge in [0.25, 0.3) is 0 Å². The molecule has 0 nitrogen and oxygen atoms in total. The third-order valence-corrected chi connectivity index (χ3v) is 3.44. The summed E-state index contributed by atoms with van der Waals surface area (Å²) in [6, 6.07) is 0. The standard InChI is InChI=1S/C13H26/c1-3-4-5-6-7-8-9-13-10-12(2)11-13/h12-13H,3-11H2,1-2H3. The lowest BCUT2D eigenvalue weighted by molar-refractivity contribution is 0.195. The molecule has 0 aromatic rings. The molecule has 0 atom stereocenters. The first-order valence-corrected chi connectivity index (χ1v) is 6.33. The van der Waals surface area contributed by atoms with Gasteiger partial charge in [0.15, 0.2) is 0 Å². The summed E-state index contributed by atoms with van der Waals surface area (Å²) in [5.41, 5.74) is 0. The van der Waals surface area contributed by atoms with Gasteiger partial charge in [-0.15, -0.1) is 0 Å². The van der Waals surface area contributed by atoms with E-state index in [2.05, 4.69) is 13.8 Å². The summed E-state index contributed by atoms with van der Waals surface area (Å²) in [6.07, 6.45) is 13.3. The highest BCUT2D eigenvalue weighted by atomic mass is 14.3. The van der Waals surface area contributed by atoms with E-state index in [4.69, 9.17) is 0 Å². The van der Waals surface area contributed by atoms with Crippen molar-refractivity contribution in [2.75, 3.05) is 0 Å². The minimum atomic E-state index is 1.05. The molecule has 0 saturated heterocycles. The SMILES string of the molecule is CCCCCCCCC1CC(C)C1. The van der Waals surface area contributed by atoms with Crippen molar-refractivity contribution in [2.45, 2.75) is 71.6 Å². The Morgan fingerprint density at radius 3 is 2.15 bits per heavy atom. The highest BCUT2D eigenvalue weighted by Crippen LogP contribution is 2.36. The highest BCUT2D eigenvalue weighted by Gasteiger charge is 2.23. The minimum absolute atomic E-state index is 1.05. The van der Waals surface area contributed by atoms with E-state index in [1.807, 2.05) is 0 Å². The number of hydrogen-bond donors (Lipinski definition) is 0. The third kappa shape index (κ3) is 4.69. The van der Waals surface area contributed by atoms with Gasteiger partial charge in [0.1, 0.15) is 0 Å². The van der Waals surface area contributed by atoms with Crippen LogP contribution in [-0.4, -0.2) is 0 Å². The van der Waals surface area contributed by atoms with Crippen molar-refractivity contribution in [1.29, 1.82) is 0 Å². The quantitative estimate of drug-likeness (QED) is 0.497. The molecule has 0 heteroatoms. The Hall–Kier alpha value is 0. The average Bonchev–Trinajstić information content (AvgIpc) is 2.07. The second kappa shape index (κ2) is 6.45. The van der Waals surface area contributed by atoms with Gasteiger partial charge in [-0.1, -0.05) is 58.8 Å². The van der Waals surface area contributed by atoms with E-state index >= 15 is 0 Å². The summed E-state index contributed by atoms with van der Waals surface area (Å²) in [5.74, 6) is 2.16. The van der Waals surface area contributed by atoms with Crippen LogP contribution in [0.15, 0.2) is 0 Å². The van der Waals surface area contributed by atoms with Crippen LogP contribution in [-0.2, 0) is 0 Å². The highest BCUT2D eigenvalue weighted by molar-refractivity contribution is 4.75. The lowest BCUT2D eigenvalue weighted by Crippen LogP contribution is -2.20. The molecule has 0 N–H and O–H groups in total. The van der Waals surface area contributed by atoms with Crippen molar-refractivity contribution in [3.05, 3.63) is 0 Å². The van der Waals surface area contributed by atoms with E-state index in [1.54, 1.807) is 0 Å². The van der Waals surface area contributed by atoms with Gasteiger partial charge in [-0.2, -0.15) is 0 Å². The van der Waals surface area contributed by atoms with Gasteiger partial charge in [0, 0.05) is 0 Å². The summed E-state index contributed by atoms with van der Waals surface area (Å²) >= 11 is 0. The molecule has 0 bridgehead atoms. The van der Waals surface area contributed by atoms with Crippen LogP contribution in [0.5, 0.6) is 0 Å². The Kier molecular flexibility index (Phi) is 5.50. The fraction of sp³-hybridized carbons (Fsp3) is 1.00.